The molecule has 0 saturated heterocycles. The van der Waals surface area contributed by atoms with Crippen LogP contribution in [0.15, 0.2) is 30.3 Å². The molecule has 1 aliphatic rings. The van der Waals surface area contributed by atoms with Crippen molar-refractivity contribution in [3.63, 3.8) is 0 Å². The average molecular weight is 353 g/mol. The average Bonchev–Trinajstić information content (AvgIpc) is 3.23. The van der Waals surface area contributed by atoms with E-state index in [-0.39, 0.29) is 11.5 Å². The zero-order valence-corrected chi connectivity index (χ0v) is 14.1. The highest BCUT2D eigenvalue weighted by Gasteiger charge is 2.35. The van der Waals surface area contributed by atoms with Crippen molar-refractivity contribution in [2.45, 2.75) is 51.0 Å². The van der Waals surface area contributed by atoms with Gasteiger partial charge in [0.25, 0.3) is 0 Å². The predicted octanol–water partition coefficient (Wildman–Crippen LogP) is 5.39. The molecule has 3 rings (SSSR count). The number of hydrogen-bond donors (Lipinski definition) is 2. The van der Waals surface area contributed by atoms with Crippen molar-refractivity contribution in [2.75, 3.05) is 6.61 Å². The van der Waals surface area contributed by atoms with E-state index >= 15 is 0 Å². The molecule has 1 saturated carbocycles. The fourth-order valence-corrected chi connectivity index (χ4v) is 3.60. The number of alkyl halides is 3. The molecule has 0 aliphatic heterocycles. The standard InChI is InChI=1S/C19H22F3NO2/c1-2-25-18(24)16-11-14(17(23-16)12-7-3-4-8-12)13-9-5-6-10-15(13)19(20,21)22/h5-6,9-12,18,23-24H,2-4,7-8H2,1H3. The van der Waals surface area contributed by atoms with Gasteiger partial charge in [-0.15, -0.1) is 0 Å². The van der Waals surface area contributed by atoms with E-state index in [1.807, 2.05) is 0 Å². The zero-order valence-electron chi connectivity index (χ0n) is 14.1. The summed E-state index contributed by atoms with van der Waals surface area (Å²) in [7, 11) is 0. The molecule has 25 heavy (non-hydrogen) atoms. The Labute approximate surface area is 144 Å². The molecule has 1 atom stereocenters. The first-order chi connectivity index (χ1) is 11.9. The second kappa shape index (κ2) is 7.22. The number of aromatic amines is 1. The lowest BCUT2D eigenvalue weighted by atomic mass is 9.93. The summed E-state index contributed by atoms with van der Waals surface area (Å²) in [6.07, 6.45) is -1.60. The first-order valence-electron chi connectivity index (χ1n) is 8.61. The van der Waals surface area contributed by atoms with Crippen LogP contribution in [0, 0.1) is 0 Å². The fourth-order valence-electron chi connectivity index (χ4n) is 3.60. The van der Waals surface area contributed by atoms with Crippen molar-refractivity contribution in [1.82, 2.24) is 4.98 Å². The minimum Gasteiger partial charge on any atom is -0.363 e. The summed E-state index contributed by atoms with van der Waals surface area (Å²) in [6.45, 7) is 2.07. The van der Waals surface area contributed by atoms with Crippen LogP contribution in [0.3, 0.4) is 0 Å². The van der Waals surface area contributed by atoms with E-state index in [9.17, 15) is 18.3 Å². The van der Waals surface area contributed by atoms with Crippen molar-refractivity contribution in [1.29, 1.82) is 0 Å². The van der Waals surface area contributed by atoms with Gasteiger partial charge in [-0.25, -0.2) is 0 Å². The predicted molar refractivity (Wildman–Crippen MR) is 89.0 cm³/mol. The van der Waals surface area contributed by atoms with Crippen molar-refractivity contribution in [3.8, 4) is 11.1 Å². The van der Waals surface area contributed by atoms with Crippen LogP contribution >= 0.6 is 0 Å². The van der Waals surface area contributed by atoms with E-state index in [1.54, 1.807) is 19.1 Å². The fraction of sp³-hybridized carbons (Fsp3) is 0.474. The van der Waals surface area contributed by atoms with Crippen molar-refractivity contribution in [3.05, 3.63) is 47.3 Å². The lowest BCUT2D eigenvalue weighted by molar-refractivity contribution is -0.137. The Balaban J connectivity index is 2.11. The third-order valence-corrected chi connectivity index (χ3v) is 4.75. The van der Waals surface area contributed by atoms with E-state index in [0.29, 0.717) is 17.9 Å². The van der Waals surface area contributed by atoms with Gasteiger partial charge in [0.1, 0.15) is 0 Å². The van der Waals surface area contributed by atoms with Crippen LogP contribution in [0.4, 0.5) is 13.2 Å². The van der Waals surface area contributed by atoms with Crippen LogP contribution in [0.5, 0.6) is 0 Å². The molecule has 1 heterocycles. The first-order valence-corrected chi connectivity index (χ1v) is 8.61. The summed E-state index contributed by atoms with van der Waals surface area (Å²) in [5, 5.41) is 10.1. The molecule has 1 aliphatic carbocycles. The SMILES string of the molecule is CCOC(O)c1cc(-c2ccccc2C(F)(F)F)c(C2CCCC2)[nH]1. The number of rotatable bonds is 5. The van der Waals surface area contributed by atoms with Crippen molar-refractivity contribution >= 4 is 0 Å². The number of halogens is 3. The quantitative estimate of drug-likeness (QED) is 0.708. The van der Waals surface area contributed by atoms with E-state index in [0.717, 1.165) is 37.4 Å². The Bertz CT molecular complexity index is 718. The van der Waals surface area contributed by atoms with Gasteiger partial charge in [0.05, 0.1) is 11.3 Å². The molecule has 0 spiro atoms. The number of benzene rings is 1. The molecule has 1 unspecified atom stereocenters. The maximum Gasteiger partial charge on any atom is 0.417 e. The molecule has 0 radical (unpaired) electrons. The summed E-state index contributed by atoms with van der Waals surface area (Å²) < 4.78 is 45.5. The number of H-pyrrole nitrogens is 1. The third-order valence-electron chi connectivity index (χ3n) is 4.75. The van der Waals surface area contributed by atoms with Crippen molar-refractivity contribution < 1.29 is 23.0 Å². The minimum absolute atomic E-state index is 0.142. The molecule has 1 aromatic heterocycles. The summed E-state index contributed by atoms with van der Waals surface area (Å²) in [5.74, 6) is 0.180. The van der Waals surface area contributed by atoms with Gasteiger partial charge in [0.2, 0.25) is 0 Å². The normalized spacial score (nSPS) is 17.2. The van der Waals surface area contributed by atoms with Gasteiger partial charge in [0, 0.05) is 17.9 Å². The number of aromatic nitrogens is 1. The van der Waals surface area contributed by atoms with Crippen LogP contribution < -0.4 is 0 Å². The van der Waals surface area contributed by atoms with Gasteiger partial charge in [-0.2, -0.15) is 13.2 Å². The van der Waals surface area contributed by atoms with E-state index in [2.05, 4.69) is 4.98 Å². The summed E-state index contributed by atoms with van der Waals surface area (Å²) in [5.41, 5.74) is 1.15. The first kappa shape index (κ1) is 18.0. The number of aliphatic hydroxyl groups is 1. The lowest BCUT2D eigenvalue weighted by Gasteiger charge is -2.15. The van der Waals surface area contributed by atoms with Gasteiger partial charge in [-0.1, -0.05) is 31.0 Å². The lowest BCUT2D eigenvalue weighted by Crippen LogP contribution is -2.07. The van der Waals surface area contributed by atoms with Crippen LogP contribution in [-0.4, -0.2) is 16.7 Å². The summed E-state index contributed by atoms with van der Waals surface area (Å²) >= 11 is 0. The van der Waals surface area contributed by atoms with E-state index < -0.39 is 18.0 Å². The Kier molecular flexibility index (Phi) is 5.20. The van der Waals surface area contributed by atoms with Crippen LogP contribution in [0.2, 0.25) is 0 Å². The smallest absolute Gasteiger partial charge is 0.363 e. The van der Waals surface area contributed by atoms with Crippen LogP contribution in [-0.2, 0) is 10.9 Å². The van der Waals surface area contributed by atoms with Crippen LogP contribution in [0.1, 0.15) is 61.8 Å². The van der Waals surface area contributed by atoms with Gasteiger partial charge in [-0.3, -0.25) is 0 Å². The maximum atomic E-state index is 13.4. The third kappa shape index (κ3) is 3.75. The molecular formula is C19H22F3NO2. The molecule has 1 fully saturated rings. The molecule has 6 heteroatoms. The van der Waals surface area contributed by atoms with Gasteiger partial charge in [0.15, 0.2) is 6.29 Å². The molecule has 2 N–H and O–H groups in total. The largest absolute Gasteiger partial charge is 0.417 e. The van der Waals surface area contributed by atoms with Crippen molar-refractivity contribution in [2.24, 2.45) is 0 Å². The monoisotopic (exact) mass is 353 g/mol. The zero-order chi connectivity index (χ0) is 18.0. The van der Waals surface area contributed by atoms with Gasteiger partial charge < -0.3 is 14.8 Å². The molecular weight excluding hydrogens is 331 g/mol. The summed E-state index contributed by atoms with van der Waals surface area (Å²) in [6, 6.07) is 7.18. The minimum atomic E-state index is -4.43. The Morgan fingerprint density at radius 1 is 1.20 bits per heavy atom. The Morgan fingerprint density at radius 3 is 2.52 bits per heavy atom. The van der Waals surface area contributed by atoms with Gasteiger partial charge >= 0.3 is 6.18 Å². The highest BCUT2D eigenvalue weighted by atomic mass is 19.4. The van der Waals surface area contributed by atoms with Gasteiger partial charge in [-0.05, 0) is 43.4 Å². The number of ether oxygens (including phenoxy) is 1. The molecule has 136 valence electrons. The highest BCUT2D eigenvalue weighted by Crippen LogP contribution is 2.44. The highest BCUT2D eigenvalue weighted by molar-refractivity contribution is 5.72. The molecule has 3 nitrogen and oxygen atoms in total. The topological polar surface area (TPSA) is 45.2 Å². The second-order valence-electron chi connectivity index (χ2n) is 6.38. The molecule has 1 aromatic carbocycles. The number of aliphatic hydroxyl groups excluding tert-OH is 1. The molecule has 2 aromatic rings. The Hall–Kier alpha value is -1.79. The second-order valence-corrected chi connectivity index (χ2v) is 6.38. The number of nitrogens with one attached hydrogen (secondary N) is 1. The maximum absolute atomic E-state index is 13.4. The molecule has 0 amide bonds. The summed E-state index contributed by atoms with van der Waals surface area (Å²) in [4.78, 5) is 3.14. The molecule has 0 bridgehead atoms. The van der Waals surface area contributed by atoms with E-state index in [1.165, 1.54) is 12.1 Å². The Morgan fingerprint density at radius 2 is 1.88 bits per heavy atom. The number of hydrogen-bond acceptors (Lipinski definition) is 2. The van der Waals surface area contributed by atoms with Crippen LogP contribution in [0.25, 0.3) is 11.1 Å². The van der Waals surface area contributed by atoms with E-state index in [4.69, 9.17) is 4.74 Å².